The van der Waals surface area contributed by atoms with Crippen molar-refractivity contribution in [2.24, 2.45) is 47.3 Å². The number of rotatable bonds is 8. The van der Waals surface area contributed by atoms with Gasteiger partial charge in [-0.25, -0.2) is 19.6 Å². The van der Waals surface area contributed by atoms with Gasteiger partial charge in [-0.05, 0) is 83.0 Å². The van der Waals surface area contributed by atoms with Crippen LogP contribution < -0.4 is 0 Å². The second kappa shape index (κ2) is 12.4. The molecule has 286 valence electrons. The summed E-state index contributed by atoms with van der Waals surface area (Å²) in [5.74, 6) is -5.45. The van der Waals surface area contributed by atoms with Crippen molar-refractivity contribution in [3.05, 3.63) is 0 Å². The third kappa shape index (κ3) is 5.27. The maximum Gasteiger partial charge on any atom is 0.443 e. The van der Waals surface area contributed by atoms with Crippen molar-refractivity contribution >= 4 is 11.8 Å². The fourth-order valence-corrected chi connectivity index (χ4v) is 12.0. The van der Waals surface area contributed by atoms with Crippen molar-refractivity contribution in [2.45, 2.75) is 153 Å². The average molecular weight is 737 g/mol. The molecule has 0 radical (unpaired) electrons. The second-order valence-corrected chi connectivity index (χ2v) is 18.3. The summed E-state index contributed by atoms with van der Waals surface area (Å²) >= 11 is 1.47. The van der Waals surface area contributed by atoms with Crippen molar-refractivity contribution in [3.63, 3.8) is 0 Å². The van der Waals surface area contributed by atoms with Crippen LogP contribution in [0, 0.1) is 47.3 Å². The minimum atomic E-state index is -4.79. The molecule has 8 heterocycles. The molecule has 14 heteroatoms. The van der Waals surface area contributed by atoms with E-state index < -0.39 is 64.9 Å². The van der Waals surface area contributed by atoms with Gasteiger partial charge in [0.2, 0.25) is 11.6 Å². The Hall–Kier alpha value is -0.260. The minimum absolute atomic E-state index is 0.00269. The number of thioether (sulfide) groups is 1. The summed E-state index contributed by atoms with van der Waals surface area (Å²) < 4.78 is 83.1. The molecule has 2 saturated carbocycles. The highest BCUT2D eigenvalue weighted by molar-refractivity contribution is 7.99. The van der Waals surface area contributed by atoms with Gasteiger partial charge in [-0.2, -0.15) is 24.9 Å². The smallest absolute Gasteiger partial charge is 0.349 e. The third-order valence-corrected chi connectivity index (χ3v) is 15.3. The molecule has 16 atom stereocenters. The predicted octanol–water partition coefficient (Wildman–Crippen LogP) is 7.49. The van der Waals surface area contributed by atoms with E-state index in [9.17, 15) is 0 Å². The largest absolute Gasteiger partial charge is 0.443 e. The van der Waals surface area contributed by atoms with E-state index in [2.05, 4.69) is 20.8 Å². The van der Waals surface area contributed by atoms with Gasteiger partial charge < -0.3 is 28.4 Å². The Morgan fingerprint density at radius 2 is 1.10 bits per heavy atom. The monoisotopic (exact) mass is 736 g/mol. The lowest BCUT2D eigenvalue weighted by atomic mass is 9.57. The summed E-state index contributed by atoms with van der Waals surface area (Å²) in [6.07, 6.45) is -0.337. The SMILES string of the molecule is C[C@@H]1CC[C@H]2[C@@H](C)[C@@](C)(OCCSCCO[C@@]3(C(F)(F)F)O[C@@H]4O[C@]5(C)CC[C@H]6[C@H](C)CC[C@@H]([C@H]3C)[C@@]46OO5)O[C@@H]3O[C@]4(C)CC[C@@H]1[C@]32OO4. The predicted molar refractivity (Wildman–Crippen MR) is 172 cm³/mol. The fraction of sp³-hybridized carbons (Fsp3) is 1.00. The van der Waals surface area contributed by atoms with Gasteiger partial charge in [0.25, 0.3) is 5.79 Å². The molecule has 0 N–H and O–H groups in total. The molecule has 0 unspecified atom stereocenters. The minimum Gasteiger partial charge on any atom is -0.349 e. The van der Waals surface area contributed by atoms with E-state index in [0.29, 0.717) is 36.9 Å². The van der Waals surface area contributed by atoms with Crippen LogP contribution in [0.15, 0.2) is 0 Å². The molecule has 0 amide bonds. The summed E-state index contributed by atoms with van der Waals surface area (Å²) in [6.45, 7) is 13.9. The number of halogens is 3. The van der Waals surface area contributed by atoms with Crippen molar-refractivity contribution in [1.82, 2.24) is 0 Å². The molecule has 0 aromatic heterocycles. The molecule has 2 aliphatic carbocycles. The summed E-state index contributed by atoms with van der Waals surface area (Å²) in [7, 11) is 0. The molecule has 10 rings (SSSR count). The molecule has 8 aliphatic heterocycles. The lowest BCUT2D eigenvalue weighted by Crippen LogP contribution is -2.76. The Kier molecular flexibility index (Phi) is 9.08. The fourth-order valence-electron chi connectivity index (χ4n) is 11.4. The van der Waals surface area contributed by atoms with Crippen LogP contribution in [0.2, 0.25) is 0 Å². The van der Waals surface area contributed by atoms with Gasteiger partial charge in [0.1, 0.15) is 0 Å². The molecule has 8 saturated heterocycles. The van der Waals surface area contributed by atoms with Gasteiger partial charge in [-0.15, -0.1) is 0 Å². The van der Waals surface area contributed by atoms with E-state index in [1.165, 1.54) is 11.8 Å². The van der Waals surface area contributed by atoms with Crippen LogP contribution in [-0.4, -0.2) is 77.8 Å². The van der Waals surface area contributed by atoms with Crippen molar-refractivity contribution < 1.29 is 61.1 Å². The maximum atomic E-state index is 15.1. The van der Waals surface area contributed by atoms with Crippen LogP contribution in [-0.2, 0) is 48.0 Å². The summed E-state index contributed by atoms with van der Waals surface area (Å²) in [4.78, 5) is 24.0. The third-order valence-electron chi connectivity index (χ3n) is 14.4. The van der Waals surface area contributed by atoms with E-state index in [1.807, 2.05) is 13.8 Å². The Labute approximate surface area is 297 Å². The standard InChI is InChI=1S/C36H55F3O10S/c1-20-8-10-26-22(3)32(7,44-28-33(26)24(20)12-14-30(5,42-28)46-48-33)40-16-18-50-19-17-41-35(36(37,38)39)23(4)27-11-9-21(2)25-13-15-31(6)43-29(45-35)34(25,27)49-47-31/h20-29H,8-19H2,1-7H3/t20-,21-,22-,23-,24+,25+,26+,27+,28+,29+,30+,31+,32+,33-,34-,35-/m1/s1. The van der Waals surface area contributed by atoms with Crippen LogP contribution >= 0.6 is 11.8 Å². The molecular weight excluding hydrogens is 681 g/mol. The highest BCUT2D eigenvalue weighted by Crippen LogP contribution is 2.65. The first-order chi connectivity index (χ1) is 23.5. The lowest BCUT2D eigenvalue weighted by molar-refractivity contribution is -0.598. The summed E-state index contributed by atoms with van der Waals surface area (Å²) in [6, 6.07) is 0. The van der Waals surface area contributed by atoms with Gasteiger partial charge in [0, 0.05) is 48.0 Å². The van der Waals surface area contributed by atoms with E-state index in [-0.39, 0.29) is 36.2 Å². The van der Waals surface area contributed by atoms with Gasteiger partial charge in [0.15, 0.2) is 29.6 Å². The quantitative estimate of drug-likeness (QED) is 0.183. The molecule has 10 nitrogen and oxygen atoms in total. The zero-order valence-corrected chi connectivity index (χ0v) is 31.2. The summed E-state index contributed by atoms with van der Waals surface area (Å²) in [5, 5.41) is 0. The number of hydrogen-bond acceptors (Lipinski definition) is 11. The Bertz CT molecular complexity index is 1300. The number of fused-ring (bicyclic) bond motifs is 4. The molecule has 10 aliphatic rings. The molecule has 2 spiro atoms. The molecule has 10 fully saturated rings. The summed E-state index contributed by atoms with van der Waals surface area (Å²) in [5.41, 5.74) is -1.79. The highest BCUT2D eigenvalue weighted by atomic mass is 32.2. The molecule has 50 heavy (non-hydrogen) atoms. The van der Waals surface area contributed by atoms with E-state index >= 15 is 13.2 Å². The first-order valence-corrected chi connectivity index (χ1v) is 20.1. The second-order valence-electron chi connectivity index (χ2n) is 17.1. The van der Waals surface area contributed by atoms with Crippen molar-refractivity contribution in [1.29, 1.82) is 0 Å². The topological polar surface area (TPSA) is 92.3 Å². The van der Waals surface area contributed by atoms with Crippen LogP contribution in [0.3, 0.4) is 0 Å². The highest BCUT2D eigenvalue weighted by Gasteiger charge is 2.77. The number of ether oxygens (including phenoxy) is 6. The van der Waals surface area contributed by atoms with Crippen molar-refractivity contribution in [3.8, 4) is 0 Å². The van der Waals surface area contributed by atoms with E-state index in [1.54, 1.807) is 13.8 Å². The van der Waals surface area contributed by atoms with Crippen LogP contribution in [0.4, 0.5) is 13.2 Å². The zero-order valence-electron chi connectivity index (χ0n) is 30.4. The zero-order chi connectivity index (χ0) is 35.5. The van der Waals surface area contributed by atoms with Crippen molar-refractivity contribution in [2.75, 3.05) is 24.7 Å². The van der Waals surface area contributed by atoms with Crippen LogP contribution in [0.1, 0.15) is 99.8 Å². The normalized spacial score (nSPS) is 55.6. The Morgan fingerprint density at radius 1 is 0.600 bits per heavy atom. The molecule has 4 bridgehead atoms. The molecule has 0 aromatic carbocycles. The number of alkyl halides is 3. The van der Waals surface area contributed by atoms with E-state index in [4.69, 9.17) is 48.0 Å². The van der Waals surface area contributed by atoms with Gasteiger partial charge in [-0.1, -0.05) is 27.7 Å². The first kappa shape index (κ1) is 36.7. The van der Waals surface area contributed by atoms with Gasteiger partial charge in [0.05, 0.1) is 13.2 Å². The van der Waals surface area contributed by atoms with E-state index in [0.717, 1.165) is 38.5 Å². The van der Waals surface area contributed by atoms with Gasteiger partial charge >= 0.3 is 6.18 Å². The molecular formula is C36H55F3O10S. The maximum absolute atomic E-state index is 15.1. The lowest BCUT2D eigenvalue weighted by Gasteiger charge is -2.62. The average Bonchev–Trinajstić information content (AvgIpc) is 3.42. The van der Waals surface area contributed by atoms with Gasteiger partial charge in [-0.3, -0.25) is 0 Å². The number of hydrogen-bond donors (Lipinski definition) is 0. The Morgan fingerprint density at radius 3 is 1.64 bits per heavy atom. The first-order valence-electron chi connectivity index (χ1n) is 18.9. The Balaban J connectivity index is 0.901. The van der Waals surface area contributed by atoms with Crippen LogP contribution in [0.25, 0.3) is 0 Å². The molecule has 0 aromatic rings. The van der Waals surface area contributed by atoms with Crippen LogP contribution in [0.5, 0.6) is 0 Å².